The molecule has 0 saturated carbocycles. The minimum absolute atomic E-state index is 0.0267. The number of hydrogen-bond acceptors (Lipinski definition) is 9. The Morgan fingerprint density at radius 3 is 1.87 bits per heavy atom. The highest BCUT2D eigenvalue weighted by molar-refractivity contribution is 5.81. The first-order valence-corrected chi connectivity index (χ1v) is 13.5. The van der Waals surface area contributed by atoms with Crippen LogP contribution in [0.1, 0.15) is 93.6 Å². The molecule has 10 heteroatoms. The van der Waals surface area contributed by atoms with Crippen LogP contribution in [0.4, 0.5) is 4.79 Å². The van der Waals surface area contributed by atoms with Crippen LogP contribution in [-0.2, 0) is 30.3 Å². The number of benzene rings is 1. The summed E-state index contributed by atoms with van der Waals surface area (Å²) in [7, 11) is 0. The zero-order chi connectivity index (χ0) is 30.0. The molecule has 2 N–H and O–H groups in total. The predicted octanol–water partition coefficient (Wildman–Crippen LogP) is 5.64. The van der Waals surface area contributed by atoms with Crippen molar-refractivity contribution in [2.45, 2.75) is 112 Å². The van der Waals surface area contributed by atoms with Gasteiger partial charge in [0, 0.05) is 25.3 Å². The molecule has 0 radical (unpaired) electrons. The van der Waals surface area contributed by atoms with E-state index in [1.807, 2.05) is 41.5 Å². The van der Waals surface area contributed by atoms with E-state index in [1.165, 1.54) is 18.2 Å². The maximum Gasteiger partial charge on any atom is 0.511 e. The minimum atomic E-state index is -2.19. The first kappa shape index (κ1) is 33.9. The summed E-state index contributed by atoms with van der Waals surface area (Å²) in [4.78, 5) is 50.1. The predicted molar refractivity (Wildman–Crippen MR) is 146 cm³/mol. The summed E-state index contributed by atoms with van der Waals surface area (Å²) < 4.78 is 21.8. The van der Waals surface area contributed by atoms with E-state index < -0.39 is 35.4 Å². The van der Waals surface area contributed by atoms with Gasteiger partial charge in [-0.05, 0) is 63.1 Å². The van der Waals surface area contributed by atoms with Crippen LogP contribution < -0.4 is 14.8 Å². The second kappa shape index (κ2) is 14.9. The molecule has 0 heterocycles. The molecule has 1 unspecified atom stereocenters. The van der Waals surface area contributed by atoms with Gasteiger partial charge in [0.05, 0.1) is 0 Å². The highest BCUT2D eigenvalue weighted by Crippen LogP contribution is 2.32. The summed E-state index contributed by atoms with van der Waals surface area (Å²) in [5.74, 6) is -2.39. The van der Waals surface area contributed by atoms with Crippen LogP contribution in [0, 0.1) is 11.8 Å². The highest BCUT2D eigenvalue weighted by Gasteiger charge is 2.45. The van der Waals surface area contributed by atoms with Gasteiger partial charge in [0.2, 0.25) is 0 Å². The fourth-order valence-corrected chi connectivity index (χ4v) is 3.37. The lowest BCUT2D eigenvalue weighted by Crippen LogP contribution is -2.60. The molecule has 0 bridgehead atoms. The van der Waals surface area contributed by atoms with Gasteiger partial charge < -0.3 is 24.1 Å². The third kappa shape index (κ3) is 11.6. The molecule has 0 fully saturated rings. The molecule has 39 heavy (non-hydrogen) atoms. The van der Waals surface area contributed by atoms with Gasteiger partial charge in [-0.3, -0.25) is 14.9 Å². The van der Waals surface area contributed by atoms with E-state index in [9.17, 15) is 24.3 Å². The van der Waals surface area contributed by atoms with Gasteiger partial charge in [-0.1, -0.05) is 47.6 Å². The standard InChI is InChI=1S/C29H45NO9/c1-10-20(7)30-29(26(33)34,39-27(35)38-28(8,9)11-2)17-21-12-13-22(36-24(31)14-18(3)4)23(16-21)37-25(32)15-19(5)6/h12-13,16,18-20,30H,10-11,14-15,17H2,1-9H3,(H,33,34)/t20?,29-/m0/s1. The molecule has 10 nitrogen and oxygen atoms in total. The number of carboxylic acid groups (broad SMARTS) is 1. The number of carbonyl (C=O) groups excluding carboxylic acids is 3. The Morgan fingerprint density at radius 2 is 1.41 bits per heavy atom. The maximum absolute atomic E-state index is 12.7. The fraction of sp³-hybridized carbons (Fsp3) is 0.655. The first-order chi connectivity index (χ1) is 18.0. The van der Waals surface area contributed by atoms with Gasteiger partial charge in [-0.15, -0.1) is 0 Å². The molecule has 0 aliphatic rings. The van der Waals surface area contributed by atoms with E-state index in [-0.39, 0.29) is 48.6 Å². The van der Waals surface area contributed by atoms with Crippen molar-refractivity contribution in [1.82, 2.24) is 5.32 Å². The number of esters is 2. The van der Waals surface area contributed by atoms with Crippen LogP contribution >= 0.6 is 0 Å². The summed E-state index contributed by atoms with van der Waals surface area (Å²) in [6.45, 7) is 16.3. The number of hydrogen-bond donors (Lipinski definition) is 2. The normalized spacial score (nSPS) is 13.9. The molecule has 0 aliphatic heterocycles. The SMILES string of the molecule is CCC(C)N[C@@](Cc1ccc(OC(=O)CC(C)C)c(OC(=O)CC(C)C)c1)(OC(=O)OC(C)(C)CC)C(=O)O. The first-order valence-electron chi connectivity index (χ1n) is 13.5. The van der Waals surface area contributed by atoms with Crippen LogP contribution in [0.2, 0.25) is 0 Å². The molecule has 0 aliphatic carbocycles. The second-order valence-corrected chi connectivity index (χ2v) is 11.3. The Balaban J connectivity index is 3.48. The van der Waals surface area contributed by atoms with Crippen molar-refractivity contribution in [2.75, 3.05) is 0 Å². The third-order valence-corrected chi connectivity index (χ3v) is 5.96. The van der Waals surface area contributed by atoms with Crippen LogP contribution in [0.15, 0.2) is 18.2 Å². The summed E-state index contributed by atoms with van der Waals surface area (Å²) in [5, 5.41) is 13.2. The van der Waals surface area contributed by atoms with Crippen molar-refractivity contribution in [2.24, 2.45) is 11.8 Å². The monoisotopic (exact) mass is 551 g/mol. The van der Waals surface area contributed by atoms with E-state index in [4.69, 9.17) is 18.9 Å². The Bertz CT molecular complexity index is 1000. The number of nitrogens with one attached hydrogen (secondary N) is 1. The third-order valence-electron chi connectivity index (χ3n) is 5.96. The topological polar surface area (TPSA) is 137 Å². The fourth-order valence-electron chi connectivity index (χ4n) is 3.37. The average Bonchev–Trinajstić information content (AvgIpc) is 2.78. The minimum Gasteiger partial charge on any atom is -0.477 e. The van der Waals surface area contributed by atoms with E-state index in [1.54, 1.807) is 20.8 Å². The Labute approximate surface area is 231 Å². The van der Waals surface area contributed by atoms with Crippen molar-refractivity contribution in [3.63, 3.8) is 0 Å². The molecule has 1 aromatic carbocycles. The molecule has 1 rings (SSSR count). The molecule has 220 valence electrons. The molecular weight excluding hydrogens is 506 g/mol. The summed E-state index contributed by atoms with van der Waals surface area (Å²) >= 11 is 0. The Hall–Kier alpha value is -3.14. The van der Waals surface area contributed by atoms with Gasteiger partial charge >= 0.3 is 24.1 Å². The molecule has 0 spiro atoms. The summed E-state index contributed by atoms with van der Waals surface area (Å²) in [6, 6.07) is 4.03. The zero-order valence-corrected chi connectivity index (χ0v) is 24.7. The van der Waals surface area contributed by atoms with Gasteiger partial charge in [-0.25, -0.2) is 9.59 Å². The molecular formula is C29H45NO9. The van der Waals surface area contributed by atoms with Gasteiger partial charge in [-0.2, -0.15) is 0 Å². The van der Waals surface area contributed by atoms with Gasteiger partial charge in [0.15, 0.2) is 11.5 Å². The van der Waals surface area contributed by atoms with E-state index in [0.29, 0.717) is 18.4 Å². The second-order valence-electron chi connectivity index (χ2n) is 11.3. The number of carboxylic acids is 1. The average molecular weight is 552 g/mol. The Kier molecular flexibility index (Phi) is 12.9. The van der Waals surface area contributed by atoms with E-state index in [0.717, 1.165) is 0 Å². The van der Waals surface area contributed by atoms with Crippen molar-refractivity contribution in [3.8, 4) is 11.5 Å². The van der Waals surface area contributed by atoms with Crippen LogP contribution in [0.5, 0.6) is 11.5 Å². The lowest BCUT2D eigenvalue weighted by molar-refractivity contribution is -0.169. The van der Waals surface area contributed by atoms with Gasteiger partial charge in [0.25, 0.3) is 5.72 Å². The van der Waals surface area contributed by atoms with Gasteiger partial charge in [0.1, 0.15) is 5.60 Å². The van der Waals surface area contributed by atoms with Crippen molar-refractivity contribution in [1.29, 1.82) is 0 Å². The lowest BCUT2D eigenvalue weighted by Gasteiger charge is -2.34. The summed E-state index contributed by atoms with van der Waals surface area (Å²) in [5.41, 5.74) is -2.70. The van der Waals surface area contributed by atoms with Crippen molar-refractivity contribution >= 4 is 24.1 Å². The number of aliphatic carboxylic acids is 1. The number of ether oxygens (including phenoxy) is 4. The molecule has 2 atom stereocenters. The van der Waals surface area contributed by atoms with Crippen LogP contribution in [-0.4, -0.2) is 46.5 Å². The molecule has 0 amide bonds. The molecule has 0 saturated heterocycles. The Morgan fingerprint density at radius 1 is 0.872 bits per heavy atom. The van der Waals surface area contributed by atoms with Crippen molar-refractivity contribution in [3.05, 3.63) is 23.8 Å². The number of rotatable bonds is 15. The van der Waals surface area contributed by atoms with Crippen LogP contribution in [0.3, 0.4) is 0 Å². The quantitative estimate of drug-likeness (QED) is 0.160. The lowest BCUT2D eigenvalue weighted by atomic mass is 10.00. The largest absolute Gasteiger partial charge is 0.511 e. The van der Waals surface area contributed by atoms with Crippen molar-refractivity contribution < 1.29 is 43.2 Å². The highest BCUT2D eigenvalue weighted by atomic mass is 16.8. The summed E-state index contributed by atoms with van der Waals surface area (Å²) in [6.07, 6.45) is -0.141. The van der Waals surface area contributed by atoms with Crippen LogP contribution in [0.25, 0.3) is 0 Å². The maximum atomic E-state index is 12.7. The zero-order valence-electron chi connectivity index (χ0n) is 24.7. The van der Waals surface area contributed by atoms with E-state index >= 15 is 0 Å². The number of carbonyl (C=O) groups is 4. The van der Waals surface area contributed by atoms with E-state index in [2.05, 4.69) is 5.32 Å². The molecule has 1 aromatic rings. The smallest absolute Gasteiger partial charge is 0.477 e. The molecule has 0 aromatic heterocycles.